The van der Waals surface area contributed by atoms with E-state index in [0.717, 1.165) is 40.1 Å². The van der Waals surface area contributed by atoms with Gasteiger partial charge in [-0.3, -0.25) is 14.9 Å². The summed E-state index contributed by atoms with van der Waals surface area (Å²) in [6.45, 7) is 3.17. The van der Waals surface area contributed by atoms with Crippen LogP contribution in [0.2, 0.25) is 5.02 Å². The fourth-order valence-corrected chi connectivity index (χ4v) is 4.34. The number of hydrogen-bond acceptors (Lipinski definition) is 4. The van der Waals surface area contributed by atoms with E-state index in [1.165, 1.54) is 0 Å². The van der Waals surface area contributed by atoms with Crippen LogP contribution in [0.5, 0.6) is 5.75 Å². The summed E-state index contributed by atoms with van der Waals surface area (Å²) >= 11 is 6.10. The lowest BCUT2D eigenvalue weighted by Crippen LogP contribution is -2.29. The van der Waals surface area contributed by atoms with Crippen molar-refractivity contribution in [3.8, 4) is 17.0 Å². The van der Waals surface area contributed by atoms with Crippen LogP contribution in [0.15, 0.2) is 73.1 Å². The Morgan fingerprint density at radius 1 is 1.09 bits per heavy atom. The molecule has 7 heteroatoms. The van der Waals surface area contributed by atoms with Crippen molar-refractivity contribution in [2.75, 3.05) is 6.61 Å². The SMILES string of the molecule is CCCOc1cccc(C2c3c(-c4ccc(Cl)cc4)n[nH]c3C(=O)N2Cc2ccncc2)c1. The number of nitrogens with one attached hydrogen (secondary N) is 1. The number of aromatic nitrogens is 3. The Morgan fingerprint density at radius 2 is 1.88 bits per heavy atom. The topological polar surface area (TPSA) is 71.1 Å². The lowest BCUT2D eigenvalue weighted by atomic mass is 9.95. The molecule has 2 aromatic carbocycles. The molecule has 1 atom stereocenters. The first kappa shape index (κ1) is 21.2. The number of benzene rings is 2. The van der Waals surface area contributed by atoms with Gasteiger partial charge in [0.15, 0.2) is 0 Å². The average molecular weight is 459 g/mol. The Balaban J connectivity index is 1.62. The highest BCUT2D eigenvalue weighted by Crippen LogP contribution is 2.44. The predicted octanol–water partition coefficient (Wildman–Crippen LogP) is 5.66. The van der Waals surface area contributed by atoms with Crippen LogP contribution in [0.25, 0.3) is 11.3 Å². The molecule has 4 aromatic rings. The quantitative estimate of drug-likeness (QED) is 0.388. The van der Waals surface area contributed by atoms with Crippen LogP contribution in [-0.4, -0.2) is 32.6 Å². The van der Waals surface area contributed by atoms with E-state index in [-0.39, 0.29) is 11.9 Å². The third-order valence-electron chi connectivity index (χ3n) is 5.73. The number of fused-ring (bicyclic) bond motifs is 1. The number of hydrogen-bond donors (Lipinski definition) is 1. The van der Waals surface area contributed by atoms with Crippen molar-refractivity contribution < 1.29 is 9.53 Å². The van der Waals surface area contributed by atoms with E-state index < -0.39 is 0 Å². The predicted molar refractivity (Wildman–Crippen MR) is 127 cm³/mol. The summed E-state index contributed by atoms with van der Waals surface area (Å²) in [5, 5.41) is 8.17. The molecule has 0 saturated carbocycles. The maximum Gasteiger partial charge on any atom is 0.273 e. The summed E-state index contributed by atoms with van der Waals surface area (Å²) < 4.78 is 5.88. The first-order valence-corrected chi connectivity index (χ1v) is 11.3. The number of nitrogens with zero attached hydrogens (tertiary/aromatic N) is 3. The second-order valence-corrected chi connectivity index (χ2v) is 8.42. The zero-order chi connectivity index (χ0) is 22.8. The van der Waals surface area contributed by atoms with Gasteiger partial charge in [-0.2, -0.15) is 5.10 Å². The lowest BCUT2D eigenvalue weighted by molar-refractivity contribution is 0.0729. The maximum atomic E-state index is 13.5. The van der Waals surface area contributed by atoms with Crippen LogP contribution < -0.4 is 4.74 Å². The zero-order valence-corrected chi connectivity index (χ0v) is 18.9. The van der Waals surface area contributed by atoms with Crippen LogP contribution in [0.3, 0.4) is 0 Å². The summed E-state index contributed by atoms with van der Waals surface area (Å²) in [5.41, 5.74) is 5.01. The van der Waals surface area contributed by atoms with Crippen LogP contribution in [0, 0.1) is 0 Å². The Hall–Kier alpha value is -3.64. The Bertz CT molecular complexity index is 1270. The van der Waals surface area contributed by atoms with E-state index in [1.807, 2.05) is 65.6 Å². The van der Waals surface area contributed by atoms with Crippen molar-refractivity contribution in [1.82, 2.24) is 20.1 Å². The van der Waals surface area contributed by atoms with Crippen LogP contribution in [-0.2, 0) is 6.54 Å². The minimum absolute atomic E-state index is 0.0839. The van der Waals surface area contributed by atoms with E-state index in [4.69, 9.17) is 16.3 Å². The number of aromatic amines is 1. The Kier molecular flexibility index (Phi) is 5.84. The number of pyridine rings is 1. The first-order valence-electron chi connectivity index (χ1n) is 10.9. The molecule has 0 aliphatic carbocycles. The normalized spacial score (nSPS) is 15.0. The molecular formula is C26H23ClN4O2. The van der Waals surface area contributed by atoms with Gasteiger partial charge in [-0.15, -0.1) is 0 Å². The molecule has 1 aliphatic heterocycles. The van der Waals surface area contributed by atoms with Crippen molar-refractivity contribution in [2.45, 2.75) is 25.9 Å². The molecule has 0 fully saturated rings. The van der Waals surface area contributed by atoms with Crippen molar-refractivity contribution in [2.24, 2.45) is 0 Å². The highest BCUT2D eigenvalue weighted by Gasteiger charge is 2.42. The zero-order valence-electron chi connectivity index (χ0n) is 18.2. The molecule has 5 rings (SSSR count). The van der Waals surface area contributed by atoms with Gasteiger partial charge in [-0.05, 0) is 53.9 Å². The van der Waals surface area contributed by atoms with E-state index in [0.29, 0.717) is 23.9 Å². The number of rotatable bonds is 7. The van der Waals surface area contributed by atoms with E-state index in [2.05, 4.69) is 22.1 Å². The summed E-state index contributed by atoms with van der Waals surface area (Å²) in [7, 11) is 0. The van der Waals surface area contributed by atoms with Gasteiger partial charge in [0.2, 0.25) is 0 Å². The first-order chi connectivity index (χ1) is 16.2. The third kappa shape index (κ3) is 4.10. The molecule has 0 bridgehead atoms. The third-order valence-corrected chi connectivity index (χ3v) is 5.98. The van der Waals surface area contributed by atoms with Crippen molar-refractivity contribution >= 4 is 17.5 Å². The number of H-pyrrole nitrogens is 1. The maximum absolute atomic E-state index is 13.5. The highest BCUT2D eigenvalue weighted by atomic mass is 35.5. The minimum Gasteiger partial charge on any atom is -0.494 e. The van der Waals surface area contributed by atoms with Gasteiger partial charge in [0.25, 0.3) is 5.91 Å². The van der Waals surface area contributed by atoms with Crippen molar-refractivity contribution in [3.05, 3.63) is 100 Å². The van der Waals surface area contributed by atoms with Gasteiger partial charge in [-0.1, -0.05) is 42.8 Å². The van der Waals surface area contributed by atoms with E-state index in [9.17, 15) is 4.79 Å². The summed E-state index contributed by atoms with van der Waals surface area (Å²) in [5.74, 6) is 0.704. The number of amides is 1. The standard InChI is InChI=1S/C26H23ClN4O2/c1-2-14-33-21-5-3-4-19(15-21)25-22-23(18-6-8-20(27)9-7-18)29-30-24(22)26(32)31(25)16-17-10-12-28-13-11-17/h3-13,15,25H,2,14,16H2,1H3,(H,29,30). The van der Waals surface area contributed by atoms with Crippen LogP contribution >= 0.6 is 11.6 Å². The summed E-state index contributed by atoms with van der Waals surface area (Å²) in [6, 6.07) is 19.0. The van der Waals surface area contributed by atoms with Gasteiger partial charge in [0, 0.05) is 35.1 Å². The fraction of sp³-hybridized carbons (Fsp3) is 0.192. The van der Waals surface area contributed by atoms with Crippen molar-refractivity contribution in [1.29, 1.82) is 0 Å². The molecule has 33 heavy (non-hydrogen) atoms. The van der Waals surface area contributed by atoms with Gasteiger partial charge < -0.3 is 9.64 Å². The fourth-order valence-electron chi connectivity index (χ4n) is 4.21. The molecule has 0 saturated heterocycles. The number of ether oxygens (including phenoxy) is 1. The van der Waals surface area contributed by atoms with Gasteiger partial charge in [0.1, 0.15) is 11.4 Å². The van der Waals surface area contributed by atoms with Crippen LogP contribution in [0.1, 0.15) is 46.6 Å². The minimum atomic E-state index is -0.310. The Morgan fingerprint density at radius 3 is 2.64 bits per heavy atom. The van der Waals surface area contributed by atoms with Gasteiger partial charge >= 0.3 is 0 Å². The molecule has 0 radical (unpaired) electrons. The highest BCUT2D eigenvalue weighted by molar-refractivity contribution is 6.30. The molecule has 166 valence electrons. The van der Waals surface area contributed by atoms with E-state index in [1.54, 1.807) is 12.4 Å². The molecule has 1 amide bonds. The van der Waals surface area contributed by atoms with E-state index >= 15 is 0 Å². The molecule has 3 heterocycles. The monoisotopic (exact) mass is 458 g/mol. The van der Waals surface area contributed by atoms with Gasteiger partial charge in [-0.25, -0.2) is 0 Å². The molecule has 0 spiro atoms. The average Bonchev–Trinajstić information content (AvgIpc) is 3.38. The summed E-state index contributed by atoms with van der Waals surface area (Å²) in [4.78, 5) is 19.5. The van der Waals surface area contributed by atoms with Gasteiger partial charge in [0.05, 0.1) is 18.3 Å². The second-order valence-electron chi connectivity index (χ2n) is 7.98. The summed E-state index contributed by atoms with van der Waals surface area (Å²) in [6.07, 6.45) is 4.40. The smallest absolute Gasteiger partial charge is 0.273 e. The molecule has 6 nitrogen and oxygen atoms in total. The Labute approximate surface area is 197 Å². The number of carbonyl (C=O) groups is 1. The molecule has 1 unspecified atom stereocenters. The molecular weight excluding hydrogens is 436 g/mol. The second kappa shape index (κ2) is 9.08. The molecule has 2 aromatic heterocycles. The van der Waals surface area contributed by atoms with Crippen LogP contribution in [0.4, 0.5) is 0 Å². The van der Waals surface area contributed by atoms with Crippen molar-refractivity contribution in [3.63, 3.8) is 0 Å². The number of carbonyl (C=O) groups excluding carboxylic acids is 1. The number of halogens is 1. The largest absolute Gasteiger partial charge is 0.494 e. The lowest BCUT2D eigenvalue weighted by Gasteiger charge is -2.27. The molecule has 1 aliphatic rings. The molecule has 1 N–H and O–H groups in total.